The van der Waals surface area contributed by atoms with Crippen LogP contribution in [0.1, 0.15) is 5.56 Å². The van der Waals surface area contributed by atoms with Crippen LogP contribution in [0, 0.1) is 0 Å². The number of fused-ring (bicyclic) bond motifs is 1. The van der Waals surface area contributed by atoms with Gasteiger partial charge in [0.25, 0.3) is 5.56 Å². The van der Waals surface area contributed by atoms with E-state index >= 15 is 0 Å². The minimum Gasteiger partial charge on any atom is -0.491 e. The summed E-state index contributed by atoms with van der Waals surface area (Å²) in [7, 11) is 0. The number of rotatable bonds is 10. The Bertz CT molecular complexity index is 1210. The van der Waals surface area contributed by atoms with E-state index in [0.29, 0.717) is 29.6 Å². The number of nitrogens with two attached hydrogens (primary N) is 1. The zero-order valence-corrected chi connectivity index (χ0v) is 17.9. The van der Waals surface area contributed by atoms with Crippen molar-refractivity contribution in [1.29, 1.82) is 0 Å². The highest BCUT2D eigenvalue weighted by Crippen LogP contribution is 2.16. The maximum atomic E-state index is 12.0. The van der Waals surface area contributed by atoms with E-state index in [4.69, 9.17) is 31.5 Å². The lowest BCUT2D eigenvalue weighted by Gasteiger charge is -2.19. The molecule has 0 aliphatic rings. The van der Waals surface area contributed by atoms with Gasteiger partial charge in [0.15, 0.2) is 11.2 Å². The summed E-state index contributed by atoms with van der Waals surface area (Å²) in [5.41, 5.74) is 6.84. The van der Waals surface area contributed by atoms with Gasteiger partial charge >= 0.3 is 0 Å². The summed E-state index contributed by atoms with van der Waals surface area (Å²) in [6.07, 6.45) is 1.08. The zero-order chi connectivity index (χ0) is 22.3. The molecule has 4 aromatic rings. The second kappa shape index (κ2) is 10.3. The number of aromatic amines is 1. The van der Waals surface area contributed by atoms with Gasteiger partial charge in [-0.2, -0.15) is 4.98 Å². The average molecular weight is 456 g/mol. The molecule has 1 atom stereocenters. The normalized spacial score (nSPS) is 12.2. The van der Waals surface area contributed by atoms with Gasteiger partial charge in [0, 0.05) is 5.02 Å². The van der Waals surface area contributed by atoms with Crippen molar-refractivity contribution in [2.45, 2.75) is 19.4 Å². The van der Waals surface area contributed by atoms with Gasteiger partial charge < -0.3 is 19.9 Å². The van der Waals surface area contributed by atoms with Crippen molar-refractivity contribution in [3.63, 3.8) is 0 Å². The molecule has 4 rings (SSSR count). The smallest absolute Gasteiger partial charge is 0.280 e. The van der Waals surface area contributed by atoms with E-state index in [-0.39, 0.29) is 24.8 Å². The van der Waals surface area contributed by atoms with Gasteiger partial charge in [-0.1, -0.05) is 41.9 Å². The van der Waals surface area contributed by atoms with Crippen molar-refractivity contribution >= 4 is 28.7 Å². The number of halogens is 1. The summed E-state index contributed by atoms with van der Waals surface area (Å²) < 4.78 is 19.3. The number of nitrogens with one attached hydrogen (secondary N) is 1. The van der Waals surface area contributed by atoms with Gasteiger partial charge in [-0.05, 0) is 29.8 Å². The third kappa shape index (κ3) is 5.64. The van der Waals surface area contributed by atoms with E-state index in [9.17, 15) is 4.79 Å². The fourth-order valence-electron chi connectivity index (χ4n) is 3.00. The monoisotopic (exact) mass is 455 g/mol. The molecule has 166 valence electrons. The molecule has 0 saturated heterocycles. The number of benzene rings is 2. The van der Waals surface area contributed by atoms with E-state index in [1.807, 2.05) is 30.3 Å². The van der Waals surface area contributed by atoms with Crippen molar-refractivity contribution < 1.29 is 14.2 Å². The quantitative estimate of drug-likeness (QED) is 0.377. The van der Waals surface area contributed by atoms with Crippen LogP contribution in [0.3, 0.4) is 0 Å². The van der Waals surface area contributed by atoms with Crippen LogP contribution in [0.5, 0.6) is 5.75 Å². The standard InChI is InChI=1S/C22H22ClN5O4/c23-16-6-8-17(9-7-16)31-12-18(11-30-10-15-4-2-1-3-5-15)32-14-28-13-25-19-20(28)26-22(24)27-21(19)29/h1-9,13,18H,10-12,14H2,(H3,24,26,27,29). The van der Waals surface area contributed by atoms with E-state index < -0.39 is 11.7 Å². The first-order chi connectivity index (χ1) is 15.6. The fourth-order valence-corrected chi connectivity index (χ4v) is 3.12. The molecule has 2 aromatic heterocycles. The van der Waals surface area contributed by atoms with Crippen molar-refractivity contribution in [1.82, 2.24) is 19.5 Å². The van der Waals surface area contributed by atoms with E-state index in [1.54, 1.807) is 28.8 Å². The Labute approximate surface area is 188 Å². The van der Waals surface area contributed by atoms with Crippen molar-refractivity contribution in [3.05, 3.63) is 81.9 Å². The molecule has 0 saturated carbocycles. The molecule has 32 heavy (non-hydrogen) atoms. The highest BCUT2D eigenvalue weighted by Gasteiger charge is 2.15. The third-order valence-electron chi connectivity index (χ3n) is 4.61. The largest absolute Gasteiger partial charge is 0.491 e. The summed E-state index contributed by atoms with van der Waals surface area (Å²) >= 11 is 5.93. The number of H-pyrrole nitrogens is 1. The second-order valence-corrected chi connectivity index (χ2v) is 7.46. The first-order valence-corrected chi connectivity index (χ1v) is 10.3. The number of nitrogens with zero attached hydrogens (tertiary/aromatic N) is 3. The Morgan fingerprint density at radius 2 is 1.88 bits per heavy atom. The minimum absolute atomic E-state index is 0.0121. The molecule has 0 spiro atoms. The summed E-state index contributed by atoms with van der Waals surface area (Å²) in [5.74, 6) is 0.679. The Kier molecular flexibility index (Phi) is 7.00. The van der Waals surface area contributed by atoms with Crippen LogP contribution < -0.4 is 16.0 Å². The Morgan fingerprint density at radius 1 is 1.09 bits per heavy atom. The molecular weight excluding hydrogens is 434 g/mol. The van der Waals surface area contributed by atoms with Crippen LogP contribution in [-0.2, 0) is 22.8 Å². The molecule has 0 bridgehead atoms. The molecule has 0 fully saturated rings. The van der Waals surface area contributed by atoms with Gasteiger partial charge in [-0.15, -0.1) is 0 Å². The van der Waals surface area contributed by atoms with Gasteiger partial charge in [0.05, 0.1) is 19.5 Å². The summed E-state index contributed by atoms with van der Waals surface area (Å²) in [4.78, 5) is 22.6. The lowest BCUT2D eigenvalue weighted by Crippen LogP contribution is -2.28. The molecule has 3 N–H and O–H groups in total. The SMILES string of the molecule is Nc1nc2c(ncn2COC(COCc2ccccc2)COc2ccc(Cl)cc2)c(=O)[nH]1. The lowest BCUT2D eigenvalue weighted by atomic mass is 10.2. The molecule has 9 nitrogen and oxygen atoms in total. The van der Waals surface area contributed by atoms with Crippen molar-refractivity contribution in [2.75, 3.05) is 18.9 Å². The van der Waals surface area contributed by atoms with Crippen LogP contribution in [-0.4, -0.2) is 38.8 Å². The first kappa shape index (κ1) is 21.8. The average Bonchev–Trinajstić information content (AvgIpc) is 3.20. The number of aromatic nitrogens is 4. The van der Waals surface area contributed by atoms with Crippen molar-refractivity contribution in [3.8, 4) is 5.75 Å². The predicted molar refractivity (Wildman–Crippen MR) is 120 cm³/mol. The maximum absolute atomic E-state index is 12.0. The van der Waals surface area contributed by atoms with Crippen LogP contribution in [0.4, 0.5) is 5.95 Å². The Balaban J connectivity index is 1.41. The molecule has 2 aromatic carbocycles. The zero-order valence-electron chi connectivity index (χ0n) is 17.1. The van der Waals surface area contributed by atoms with Crippen molar-refractivity contribution in [2.24, 2.45) is 0 Å². The third-order valence-corrected chi connectivity index (χ3v) is 4.86. The summed E-state index contributed by atoms with van der Waals surface area (Å²) in [6, 6.07) is 16.9. The van der Waals surface area contributed by atoms with Crippen LogP contribution in [0.25, 0.3) is 11.2 Å². The number of hydrogen-bond acceptors (Lipinski definition) is 7. The van der Waals surface area contributed by atoms with E-state index in [0.717, 1.165) is 5.56 Å². The van der Waals surface area contributed by atoms with Gasteiger partial charge in [0.2, 0.25) is 5.95 Å². The van der Waals surface area contributed by atoms with Crippen LogP contribution in [0.15, 0.2) is 65.7 Å². The molecule has 0 aliphatic heterocycles. The molecule has 0 aliphatic carbocycles. The molecule has 10 heteroatoms. The topological polar surface area (TPSA) is 117 Å². The van der Waals surface area contributed by atoms with Crippen LogP contribution in [0.2, 0.25) is 5.02 Å². The Morgan fingerprint density at radius 3 is 2.66 bits per heavy atom. The summed E-state index contributed by atoms with van der Waals surface area (Å²) in [5, 5.41) is 0.630. The number of ether oxygens (including phenoxy) is 3. The molecule has 2 heterocycles. The number of anilines is 1. The van der Waals surface area contributed by atoms with Gasteiger partial charge in [-0.25, -0.2) is 4.98 Å². The Hall–Kier alpha value is -3.40. The second-order valence-electron chi connectivity index (χ2n) is 7.02. The van der Waals surface area contributed by atoms with Gasteiger partial charge in [-0.3, -0.25) is 14.3 Å². The molecular formula is C22H22ClN5O4. The predicted octanol–water partition coefficient (Wildman–Crippen LogP) is 2.99. The van der Waals surface area contributed by atoms with E-state index in [1.165, 1.54) is 6.33 Å². The number of nitrogen functional groups attached to an aromatic ring is 1. The first-order valence-electron chi connectivity index (χ1n) is 9.91. The minimum atomic E-state index is -0.403. The number of imidazole rings is 1. The molecule has 0 amide bonds. The number of hydrogen-bond donors (Lipinski definition) is 2. The highest BCUT2D eigenvalue weighted by molar-refractivity contribution is 6.30. The van der Waals surface area contributed by atoms with Crippen LogP contribution >= 0.6 is 11.6 Å². The fraction of sp³-hybridized carbons (Fsp3) is 0.227. The lowest BCUT2D eigenvalue weighted by molar-refractivity contribution is -0.0654. The molecule has 0 radical (unpaired) electrons. The van der Waals surface area contributed by atoms with Gasteiger partial charge in [0.1, 0.15) is 25.2 Å². The summed E-state index contributed by atoms with van der Waals surface area (Å²) in [6.45, 7) is 1.09. The maximum Gasteiger partial charge on any atom is 0.280 e. The molecule has 1 unspecified atom stereocenters. The van der Waals surface area contributed by atoms with E-state index in [2.05, 4.69) is 15.0 Å². The highest BCUT2D eigenvalue weighted by atomic mass is 35.5.